The fraction of sp³-hybridized carbons (Fsp3) is 0.500. The highest BCUT2D eigenvalue weighted by molar-refractivity contribution is 6.34. The SMILES string of the molecule is CCC(CC)N(CCO)c1c(Cl)cc(N)cc1C(N)=O. The molecule has 0 atom stereocenters. The molecule has 5 nitrogen and oxygen atoms in total. The molecule has 0 saturated carbocycles. The van der Waals surface area contributed by atoms with Crippen LogP contribution in [0, 0.1) is 0 Å². The van der Waals surface area contributed by atoms with Gasteiger partial charge in [0, 0.05) is 18.3 Å². The van der Waals surface area contributed by atoms with E-state index >= 15 is 0 Å². The molecular weight excluding hydrogens is 278 g/mol. The number of benzene rings is 1. The molecule has 1 rings (SSSR count). The van der Waals surface area contributed by atoms with E-state index in [1.807, 2.05) is 18.7 Å². The van der Waals surface area contributed by atoms with Crippen molar-refractivity contribution in [3.05, 3.63) is 22.7 Å². The number of nitrogen functional groups attached to an aromatic ring is 1. The first-order chi connectivity index (χ1) is 9.46. The summed E-state index contributed by atoms with van der Waals surface area (Å²) in [6, 6.07) is 3.29. The van der Waals surface area contributed by atoms with Crippen LogP contribution in [-0.2, 0) is 0 Å². The molecule has 1 amide bonds. The summed E-state index contributed by atoms with van der Waals surface area (Å²) in [7, 11) is 0. The first-order valence-corrected chi connectivity index (χ1v) is 7.10. The third kappa shape index (κ3) is 3.55. The molecule has 1 aromatic carbocycles. The molecule has 0 heterocycles. The number of nitrogens with zero attached hydrogens (tertiary/aromatic N) is 1. The first-order valence-electron chi connectivity index (χ1n) is 6.72. The number of primary amides is 1. The Balaban J connectivity index is 3.41. The van der Waals surface area contributed by atoms with Crippen molar-refractivity contribution in [1.82, 2.24) is 0 Å². The van der Waals surface area contributed by atoms with Gasteiger partial charge in [-0.15, -0.1) is 0 Å². The third-order valence-corrected chi connectivity index (χ3v) is 3.65. The van der Waals surface area contributed by atoms with Gasteiger partial charge in [-0.05, 0) is 25.0 Å². The van der Waals surface area contributed by atoms with Crippen LogP contribution < -0.4 is 16.4 Å². The smallest absolute Gasteiger partial charge is 0.250 e. The lowest BCUT2D eigenvalue weighted by Gasteiger charge is -2.34. The highest BCUT2D eigenvalue weighted by atomic mass is 35.5. The molecule has 112 valence electrons. The minimum Gasteiger partial charge on any atom is -0.399 e. The largest absolute Gasteiger partial charge is 0.399 e. The molecule has 0 aliphatic carbocycles. The first kappa shape index (κ1) is 16.6. The average molecular weight is 300 g/mol. The molecule has 0 aliphatic heterocycles. The van der Waals surface area contributed by atoms with Gasteiger partial charge < -0.3 is 21.5 Å². The van der Waals surface area contributed by atoms with Crippen LogP contribution in [0.15, 0.2) is 12.1 Å². The van der Waals surface area contributed by atoms with Crippen molar-refractivity contribution >= 4 is 28.9 Å². The molecular formula is C14H22ClN3O2. The zero-order chi connectivity index (χ0) is 15.3. The maximum atomic E-state index is 11.7. The van der Waals surface area contributed by atoms with E-state index in [9.17, 15) is 9.90 Å². The van der Waals surface area contributed by atoms with Crippen LogP contribution in [0.1, 0.15) is 37.0 Å². The Morgan fingerprint density at radius 3 is 2.45 bits per heavy atom. The Morgan fingerprint density at radius 2 is 2.00 bits per heavy atom. The van der Waals surface area contributed by atoms with Crippen molar-refractivity contribution < 1.29 is 9.90 Å². The number of carbonyl (C=O) groups excluding carboxylic acids is 1. The monoisotopic (exact) mass is 299 g/mol. The number of anilines is 2. The van der Waals surface area contributed by atoms with Crippen LogP contribution in [-0.4, -0.2) is 30.2 Å². The summed E-state index contributed by atoms with van der Waals surface area (Å²) in [5.74, 6) is -0.580. The van der Waals surface area contributed by atoms with E-state index in [2.05, 4.69) is 0 Å². The van der Waals surface area contributed by atoms with Crippen molar-refractivity contribution in [3.8, 4) is 0 Å². The molecule has 0 aromatic heterocycles. The topological polar surface area (TPSA) is 92.6 Å². The van der Waals surface area contributed by atoms with Gasteiger partial charge in [0.1, 0.15) is 0 Å². The quantitative estimate of drug-likeness (QED) is 0.671. The summed E-state index contributed by atoms with van der Waals surface area (Å²) < 4.78 is 0. The van der Waals surface area contributed by atoms with Gasteiger partial charge in [-0.2, -0.15) is 0 Å². The van der Waals surface area contributed by atoms with Gasteiger partial charge in [-0.25, -0.2) is 0 Å². The Kier molecular flexibility index (Phi) is 6.10. The number of hydrogen-bond acceptors (Lipinski definition) is 4. The van der Waals surface area contributed by atoms with Gasteiger partial charge in [-0.3, -0.25) is 4.79 Å². The van der Waals surface area contributed by atoms with Gasteiger partial charge in [-0.1, -0.05) is 25.4 Å². The van der Waals surface area contributed by atoms with Crippen LogP contribution in [0.2, 0.25) is 5.02 Å². The zero-order valence-electron chi connectivity index (χ0n) is 11.9. The molecule has 0 radical (unpaired) electrons. The van der Waals surface area contributed by atoms with Crippen molar-refractivity contribution in [1.29, 1.82) is 0 Å². The van der Waals surface area contributed by atoms with E-state index in [0.717, 1.165) is 12.8 Å². The summed E-state index contributed by atoms with van der Waals surface area (Å²) in [6.45, 7) is 4.45. The fourth-order valence-corrected chi connectivity index (χ4v) is 2.75. The van der Waals surface area contributed by atoms with Crippen molar-refractivity contribution in [3.63, 3.8) is 0 Å². The second-order valence-corrected chi connectivity index (χ2v) is 5.06. The van der Waals surface area contributed by atoms with Gasteiger partial charge in [0.05, 0.1) is 22.9 Å². The number of carbonyl (C=O) groups is 1. The van der Waals surface area contributed by atoms with Crippen molar-refractivity contribution in [2.75, 3.05) is 23.8 Å². The molecule has 0 fully saturated rings. The van der Waals surface area contributed by atoms with Crippen molar-refractivity contribution in [2.24, 2.45) is 5.73 Å². The Labute approximate surface area is 124 Å². The molecule has 0 unspecified atom stereocenters. The van der Waals surface area contributed by atoms with Crippen LogP contribution in [0.3, 0.4) is 0 Å². The summed E-state index contributed by atoms with van der Waals surface area (Å²) in [5, 5.41) is 9.66. The van der Waals surface area contributed by atoms with Crippen LogP contribution in [0.4, 0.5) is 11.4 Å². The number of hydrogen-bond donors (Lipinski definition) is 3. The molecule has 1 aromatic rings. The molecule has 20 heavy (non-hydrogen) atoms. The molecule has 0 aliphatic rings. The lowest BCUT2D eigenvalue weighted by atomic mass is 10.0. The number of aliphatic hydroxyl groups is 1. The predicted molar refractivity (Wildman–Crippen MR) is 83.2 cm³/mol. The Hall–Kier alpha value is -1.46. The van der Waals surface area contributed by atoms with Crippen LogP contribution >= 0.6 is 11.6 Å². The standard InChI is InChI=1S/C14H22ClN3O2/c1-3-10(4-2)18(5-6-19)13-11(14(17)20)7-9(16)8-12(13)15/h7-8,10,19H,3-6,16H2,1-2H3,(H2,17,20). The average Bonchev–Trinajstić information content (AvgIpc) is 2.38. The summed E-state index contributed by atoms with van der Waals surface area (Å²) in [6.07, 6.45) is 1.74. The zero-order valence-corrected chi connectivity index (χ0v) is 12.7. The number of rotatable bonds is 7. The number of aliphatic hydroxyl groups excluding tert-OH is 1. The minimum atomic E-state index is -0.580. The summed E-state index contributed by atoms with van der Waals surface area (Å²) in [4.78, 5) is 13.6. The van der Waals surface area contributed by atoms with E-state index in [0.29, 0.717) is 22.9 Å². The van der Waals surface area contributed by atoms with Crippen LogP contribution in [0.5, 0.6) is 0 Å². The third-order valence-electron chi connectivity index (χ3n) is 3.36. The molecule has 0 bridgehead atoms. The van der Waals surface area contributed by atoms with Crippen molar-refractivity contribution in [2.45, 2.75) is 32.7 Å². The van der Waals surface area contributed by atoms with E-state index in [1.54, 1.807) is 6.07 Å². The second-order valence-electron chi connectivity index (χ2n) is 4.65. The van der Waals surface area contributed by atoms with E-state index in [-0.39, 0.29) is 18.2 Å². The van der Waals surface area contributed by atoms with E-state index in [4.69, 9.17) is 23.1 Å². The summed E-state index contributed by atoms with van der Waals surface area (Å²) in [5.41, 5.74) is 12.4. The van der Waals surface area contributed by atoms with Gasteiger partial charge >= 0.3 is 0 Å². The maximum absolute atomic E-state index is 11.7. The van der Waals surface area contributed by atoms with Gasteiger partial charge in [0.2, 0.25) is 0 Å². The van der Waals surface area contributed by atoms with Crippen LogP contribution in [0.25, 0.3) is 0 Å². The lowest BCUT2D eigenvalue weighted by molar-refractivity contribution is 0.100. The lowest BCUT2D eigenvalue weighted by Crippen LogP contribution is -2.38. The summed E-state index contributed by atoms with van der Waals surface area (Å²) >= 11 is 6.26. The van der Waals surface area contributed by atoms with Gasteiger partial charge in [0.25, 0.3) is 5.91 Å². The molecule has 6 heteroatoms. The molecule has 5 N–H and O–H groups in total. The number of amides is 1. The Bertz CT molecular complexity index is 476. The highest BCUT2D eigenvalue weighted by Gasteiger charge is 2.23. The normalized spacial score (nSPS) is 10.8. The minimum absolute atomic E-state index is 0.0323. The Morgan fingerprint density at radius 1 is 1.40 bits per heavy atom. The van der Waals surface area contributed by atoms with E-state index in [1.165, 1.54) is 6.07 Å². The molecule has 0 spiro atoms. The van der Waals surface area contributed by atoms with Gasteiger partial charge in [0.15, 0.2) is 0 Å². The second kappa shape index (κ2) is 7.36. The number of nitrogens with two attached hydrogens (primary N) is 2. The fourth-order valence-electron chi connectivity index (χ4n) is 2.41. The maximum Gasteiger partial charge on any atom is 0.250 e. The highest BCUT2D eigenvalue weighted by Crippen LogP contribution is 2.34. The number of halogens is 1. The molecule has 0 saturated heterocycles. The van der Waals surface area contributed by atoms with E-state index < -0.39 is 5.91 Å². The predicted octanol–water partition coefficient (Wildman–Crippen LogP) is 2.01.